The molecule has 286 valence electrons. The molecule has 0 heterocycles. The summed E-state index contributed by atoms with van der Waals surface area (Å²) in [6.07, 6.45) is 6.46. The SMILES string of the molecule is CCC(C)c1cc(C(C)CC)c2cc(OP(Oc3cc4c(C(C)CC)cc(C(C)CC)cc4cc3C(C)CC)OC(C)(C)C)c(C(C)CC)cc2c1. The third-order valence-electron chi connectivity index (χ3n) is 11.9. The zero-order chi connectivity index (χ0) is 38.5. The molecular weight excluding hydrogens is 655 g/mol. The van der Waals surface area contributed by atoms with Crippen LogP contribution in [-0.2, 0) is 4.52 Å². The second-order valence-corrected chi connectivity index (χ2v) is 17.9. The molecule has 4 rings (SSSR count). The number of hydrogen-bond donors (Lipinski definition) is 0. The van der Waals surface area contributed by atoms with E-state index in [1.165, 1.54) is 54.9 Å². The lowest BCUT2D eigenvalue weighted by Gasteiger charge is -2.29. The van der Waals surface area contributed by atoms with Crippen LogP contribution < -0.4 is 9.05 Å². The summed E-state index contributed by atoms with van der Waals surface area (Å²) in [5, 5.41) is 5.16. The van der Waals surface area contributed by atoms with Crippen molar-refractivity contribution in [2.45, 2.75) is 183 Å². The first-order chi connectivity index (χ1) is 24.6. The molecule has 0 spiro atoms. The average Bonchev–Trinajstić information content (AvgIpc) is 3.13. The molecule has 0 radical (unpaired) electrons. The Labute approximate surface area is 319 Å². The van der Waals surface area contributed by atoms with E-state index in [4.69, 9.17) is 13.6 Å². The van der Waals surface area contributed by atoms with E-state index >= 15 is 0 Å². The molecule has 3 nitrogen and oxygen atoms in total. The fourth-order valence-electron chi connectivity index (χ4n) is 7.03. The van der Waals surface area contributed by atoms with Crippen LogP contribution in [0.25, 0.3) is 21.5 Å². The Morgan fingerprint density at radius 1 is 0.442 bits per heavy atom. The van der Waals surface area contributed by atoms with E-state index in [9.17, 15) is 0 Å². The van der Waals surface area contributed by atoms with Gasteiger partial charge in [-0.3, -0.25) is 4.52 Å². The van der Waals surface area contributed by atoms with Crippen LogP contribution in [0.5, 0.6) is 11.5 Å². The zero-order valence-corrected chi connectivity index (χ0v) is 36.4. The third-order valence-corrected chi connectivity index (χ3v) is 13.3. The van der Waals surface area contributed by atoms with Gasteiger partial charge >= 0.3 is 8.60 Å². The van der Waals surface area contributed by atoms with Gasteiger partial charge in [0.2, 0.25) is 0 Å². The van der Waals surface area contributed by atoms with Crippen LogP contribution in [0.4, 0.5) is 0 Å². The summed E-state index contributed by atoms with van der Waals surface area (Å²) >= 11 is 0. The minimum Gasteiger partial charge on any atom is -0.417 e. The lowest BCUT2D eigenvalue weighted by molar-refractivity contribution is 0.114. The number of benzene rings is 4. The molecular formula is C48H71O3P. The minimum absolute atomic E-state index is 0.319. The van der Waals surface area contributed by atoms with Gasteiger partial charge in [0.25, 0.3) is 0 Å². The van der Waals surface area contributed by atoms with E-state index in [1.54, 1.807) is 0 Å². The normalized spacial score (nSPS) is 16.4. The quantitative estimate of drug-likeness (QED) is 0.101. The lowest BCUT2D eigenvalue weighted by atomic mass is 9.85. The van der Waals surface area contributed by atoms with Crippen molar-refractivity contribution in [1.82, 2.24) is 0 Å². The highest BCUT2D eigenvalue weighted by atomic mass is 31.2. The summed E-state index contributed by atoms with van der Waals surface area (Å²) < 4.78 is 20.9. The van der Waals surface area contributed by atoms with Crippen molar-refractivity contribution < 1.29 is 13.6 Å². The summed E-state index contributed by atoms with van der Waals surface area (Å²) in [5.74, 6) is 4.30. The Morgan fingerprint density at radius 3 is 1.08 bits per heavy atom. The summed E-state index contributed by atoms with van der Waals surface area (Å²) in [7, 11) is -1.80. The Morgan fingerprint density at radius 2 is 0.769 bits per heavy atom. The van der Waals surface area contributed by atoms with Gasteiger partial charge in [0.1, 0.15) is 11.5 Å². The molecule has 0 amide bonds. The molecule has 4 heteroatoms. The molecule has 6 unspecified atom stereocenters. The van der Waals surface area contributed by atoms with Crippen LogP contribution >= 0.6 is 8.60 Å². The summed E-state index contributed by atoms with van der Waals surface area (Å²) in [5.41, 5.74) is 7.64. The van der Waals surface area contributed by atoms with E-state index in [0.717, 1.165) is 50.0 Å². The van der Waals surface area contributed by atoms with E-state index in [2.05, 4.69) is 152 Å². The molecule has 0 aliphatic carbocycles. The molecule has 4 aromatic rings. The second-order valence-electron chi connectivity index (χ2n) is 16.9. The Balaban J connectivity index is 1.94. The van der Waals surface area contributed by atoms with Gasteiger partial charge in [-0.2, -0.15) is 0 Å². The van der Waals surface area contributed by atoms with Crippen LogP contribution in [0.3, 0.4) is 0 Å². The van der Waals surface area contributed by atoms with Gasteiger partial charge in [-0.25, -0.2) is 0 Å². The van der Waals surface area contributed by atoms with Gasteiger partial charge in [0.15, 0.2) is 0 Å². The molecule has 0 fully saturated rings. The van der Waals surface area contributed by atoms with Gasteiger partial charge in [-0.05, 0) is 174 Å². The van der Waals surface area contributed by atoms with Crippen LogP contribution in [0.15, 0.2) is 48.5 Å². The van der Waals surface area contributed by atoms with Crippen molar-refractivity contribution in [3.05, 3.63) is 81.9 Å². The molecule has 6 atom stereocenters. The fraction of sp³-hybridized carbons (Fsp3) is 0.583. The Bertz CT molecular complexity index is 1660. The van der Waals surface area contributed by atoms with Gasteiger partial charge in [0.05, 0.1) is 5.60 Å². The van der Waals surface area contributed by atoms with Crippen LogP contribution in [0.2, 0.25) is 0 Å². The molecule has 0 N–H and O–H groups in total. The van der Waals surface area contributed by atoms with Crippen molar-refractivity contribution in [2.75, 3.05) is 0 Å². The standard InChI is InChI=1S/C48H71O3P/c1-16-30(7)36-22-38-26-42(34(11)20-5)46(28-44(38)40(24-36)32(9)18-3)49-52(51-48(13,14)15)50-47-29-45-39(27-43(47)35(12)21-6)23-37(31(8)17-2)25-41(45)33(10)19-4/h22-35H,16-21H2,1-15H3. The summed E-state index contributed by atoms with van der Waals surface area (Å²) in [6, 6.07) is 19.2. The maximum absolute atomic E-state index is 7.09. The number of hydrogen-bond acceptors (Lipinski definition) is 3. The van der Waals surface area contributed by atoms with Gasteiger partial charge in [-0.15, -0.1) is 0 Å². The van der Waals surface area contributed by atoms with E-state index < -0.39 is 14.2 Å². The first-order valence-electron chi connectivity index (χ1n) is 20.7. The smallest absolute Gasteiger partial charge is 0.417 e. The van der Waals surface area contributed by atoms with Crippen LogP contribution in [0.1, 0.15) is 211 Å². The predicted octanol–water partition coefficient (Wildman–Crippen LogP) is 16.6. The lowest BCUT2D eigenvalue weighted by Crippen LogP contribution is -2.19. The Hall–Kier alpha value is -2.61. The average molecular weight is 727 g/mol. The molecule has 4 aromatic carbocycles. The topological polar surface area (TPSA) is 27.7 Å². The molecule has 0 aromatic heterocycles. The summed E-state index contributed by atoms with van der Waals surface area (Å²) in [6.45, 7) is 34.0. The number of fused-ring (bicyclic) bond motifs is 2. The van der Waals surface area contributed by atoms with Crippen molar-refractivity contribution in [3.63, 3.8) is 0 Å². The highest BCUT2D eigenvalue weighted by Crippen LogP contribution is 2.51. The first kappa shape index (κ1) is 42.1. The Kier molecular flexibility index (Phi) is 14.7. The van der Waals surface area contributed by atoms with Gasteiger partial charge in [0, 0.05) is 0 Å². The molecule has 0 bridgehead atoms. The van der Waals surface area contributed by atoms with Crippen LogP contribution in [-0.4, -0.2) is 5.60 Å². The highest BCUT2D eigenvalue weighted by molar-refractivity contribution is 7.42. The third kappa shape index (κ3) is 9.73. The summed E-state index contributed by atoms with van der Waals surface area (Å²) in [4.78, 5) is 0. The molecule has 0 saturated heterocycles. The van der Waals surface area contributed by atoms with E-state index in [-0.39, 0.29) is 0 Å². The van der Waals surface area contributed by atoms with Crippen LogP contribution in [0, 0.1) is 0 Å². The maximum Gasteiger partial charge on any atom is 0.463 e. The van der Waals surface area contributed by atoms with E-state index in [0.29, 0.717) is 35.5 Å². The molecule has 52 heavy (non-hydrogen) atoms. The molecule has 0 aliphatic rings. The largest absolute Gasteiger partial charge is 0.463 e. The van der Waals surface area contributed by atoms with Crippen molar-refractivity contribution in [1.29, 1.82) is 0 Å². The van der Waals surface area contributed by atoms with E-state index in [1.807, 2.05) is 0 Å². The van der Waals surface area contributed by atoms with Gasteiger partial charge in [-0.1, -0.05) is 107 Å². The van der Waals surface area contributed by atoms with Crippen molar-refractivity contribution >= 4 is 30.1 Å². The monoisotopic (exact) mass is 727 g/mol. The molecule has 0 saturated carbocycles. The second kappa shape index (κ2) is 18.1. The first-order valence-corrected chi connectivity index (χ1v) is 21.8. The highest BCUT2D eigenvalue weighted by Gasteiger charge is 2.30. The minimum atomic E-state index is -1.80. The molecule has 0 aliphatic heterocycles. The maximum atomic E-state index is 7.09. The van der Waals surface area contributed by atoms with Crippen molar-refractivity contribution in [2.24, 2.45) is 0 Å². The number of rotatable bonds is 17. The van der Waals surface area contributed by atoms with Gasteiger partial charge < -0.3 is 9.05 Å². The predicted molar refractivity (Wildman–Crippen MR) is 229 cm³/mol. The van der Waals surface area contributed by atoms with Crippen molar-refractivity contribution in [3.8, 4) is 11.5 Å². The zero-order valence-electron chi connectivity index (χ0n) is 35.5. The fourth-order valence-corrected chi connectivity index (χ4v) is 8.22.